The van der Waals surface area contributed by atoms with E-state index in [9.17, 15) is 17.6 Å². The maximum Gasteiger partial charge on any atom is 0.249 e. The topological polar surface area (TPSA) is 62.7 Å². The summed E-state index contributed by atoms with van der Waals surface area (Å²) in [5.41, 5.74) is 0.0686. The second-order valence-corrected chi connectivity index (χ2v) is 4.65. The summed E-state index contributed by atoms with van der Waals surface area (Å²) in [4.78, 5) is 3.99. The van der Waals surface area contributed by atoms with Crippen LogP contribution in [0.4, 0.5) is 40.7 Å². The minimum atomic E-state index is -1.61. The summed E-state index contributed by atoms with van der Waals surface area (Å²) in [5, 5.41) is 12.4. The van der Waals surface area contributed by atoms with Crippen molar-refractivity contribution in [3.8, 4) is 0 Å². The van der Waals surface area contributed by atoms with Gasteiger partial charge in [0.05, 0.1) is 11.9 Å². The van der Waals surface area contributed by atoms with Gasteiger partial charge in [-0.3, -0.25) is 0 Å². The zero-order chi connectivity index (χ0) is 17.1. The van der Waals surface area contributed by atoms with E-state index in [1.54, 1.807) is 6.07 Å². The first-order valence-electron chi connectivity index (χ1n) is 6.66. The number of benzene rings is 2. The van der Waals surface area contributed by atoms with Crippen LogP contribution in [0.15, 0.2) is 42.6 Å². The van der Waals surface area contributed by atoms with Gasteiger partial charge >= 0.3 is 0 Å². The van der Waals surface area contributed by atoms with E-state index in [1.807, 2.05) is 0 Å². The molecule has 0 spiro atoms. The van der Waals surface area contributed by atoms with Crippen LogP contribution in [-0.2, 0) is 0 Å². The van der Waals surface area contributed by atoms with Gasteiger partial charge in [-0.25, -0.2) is 17.6 Å². The number of nitrogens with zero attached hydrogens (tertiary/aromatic N) is 3. The number of halogens is 4. The van der Waals surface area contributed by atoms with Crippen molar-refractivity contribution in [2.24, 2.45) is 0 Å². The van der Waals surface area contributed by atoms with Crippen molar-refractivity contribution in [3.05, 3.63) is 65.9 Å². The Bertz CT molecular complexity index is 887. The van der Waals surface area contributed by atoms with Gasteiger partial charge < -0.3 is 10.6 Å². The van der Waals surface area contributed by atoms with Crippen molar-refractivity contribution in [1.82, 2.24) is 15.2 Å². The third-order valence-corrected chi connectivity index (χ3v) is 2.94. The quantitative estimate of drug-likeness (QED) is 0.559. The zero-order valence-electron chi connectivity index (χ0n) is 11.9. The number of rotatable bonds is 4. The summed E-state index contributed by atoms with van der Waals surface area (Å²) in [6, 6.07) is 7.40. The molecule has 0 amide bonds. The van der Waals surface area contributed by atoms with Gasteiger partial charge in [0.15, 0.2) is 23.3 Å². The summed E-state index contributed by atoms with van der Waals surface area (Å²) in [6.45, 7) is 0. The Balaban J connectivity index is 1.82. The molecule has 2 N–H and O–H groups in total. The van der Waals surface area contributed by atoms with Gasteiger partial charge in [-0.1, -0.05) is 6.07 Å². The lowest BCUT2D eigenvalue weighted by atomic mass is 10.3. The van der Waals surface area contributed by atoms with Gasteiger partial charge in [-0.15, -0.1) is 5.10 Å². The Morgan fingerprint density at radius 3 is 2.50 bits per heavy atom. The molecule has 0 aliphatic carbocycles. The minimum Gasteiger partial charge on any atom is -0.339 e. The van der Waals surface area contributed by atoms with Gasteiger partial charge in [0.1, 0.15) is 5.82 Å². The molecule has 0 fully saturated rings. The van der Waals surface area contributed by atoms with Crippen molar-refractivity contribution < 1.29 is 17.6 Å². The Kier molecular flexibility index (Phi) is 4.23. The van der Waals surface area contributed by atoms with Crippen molar-refractivity contribution >= 4 is 23.1 Å². The van der Waals surface area contributed by atoms with Gasteiger partial charge in [0, 0.05) is 5.69 Å². The molecule has 9 heteroatoms. The molecule has 1 heterocycles. The second-order valence-electron chi connectivity index (χ2n) is 4.65. The SMILES string of the molecule is Fc1cccc(Nc2cnnc(Nc3ccc(F)c(F)c3F)n2)c1. The van der Waals surface area contributed by atoms with Crippen LogP contribution in [0.25, 0.3) is 0 Å². The first-order valence-corrected chi connectivity index (χ1v) is 6.66. The molecule has 2 aromatic carbocycles. The van der Waals surface area contributed by atoms with E-state index in [2.05, 4.69) is 25.8 Å². The number of hydrogen-bond acceptors (Lipinski definition) is 5. The van der Waals surface area contributed by atoms with Crippen LogP contribution in [0.1, 0.15) is 0 Å². The minimum absolute atomic E-state index is 0.152. The third-order valence-electron chi connectivity index (χ3n) is 2.94. The molecular formula is C15H9F4N5. The maximum absolute atomic E-state index is 13.6. The van der Waals surface area contributed by atoms with E-state index in [-0.39, 0.29) is 17.5 Å². The highest BCUT2D eigenvalue weighted by atomic mass is 19.2. The maximum atomic E-state index is 13.6. The number of nitrogens with one attached hydrogen (secondary N) is 2. The fraction of sp³-hybridized carbons (Fsp3) is 0. The molecule has 0 saturated carbocycles. The van der Waals surface area contributed by atoms with Gasteiger partial charge in [-0.2, -0.15) is 10.1 Å². The van der Waals surface area contributed by atoms with Crippen LogP contribution in [0.5, 0.6) is 0 Å². The van der Waals surface area contributed by atoms with Crippen LogP contribution >= 0.6 is 0 Å². The van der Waals surface area contributed by atoms with E-state index in [4.69, 9.17) is 0 Å². The summed E-state index contributed by atoms with van der Waals surface area (Å²) < 4.78 is 52.9. The van der Waals surface area contributed by atoms with Crippen LogP contribution in [0.2, 0.25) is 0 Å². The molecule has 0 aliphatic rings. The lowest BCUT2D eigenvalue weighted by Gasteiger charge is -2.09. The van der Waals surface area contributed by atoms with Crippen molar-refractivity contribution in [3.63, 3.8) is 0 Å². The van der Waals surface area contributed by atoms with Crippen LogP contribution < -0.4 is 10.6 Å². The zero-order valence-corrected chi connectivity index (χ0v) is 11.9. The second kappa shape index (κ2) is 6.49. The Labute approximate surface area is 133 Å². The summed E-state index contributed by atoms with van der Waals surface area (Å²) in [7, 11) is 0. The highest BCUT2D eigenvalue weighted by Crippen LogP contribution is 2.22. The molecular weight excluding hydrogens is 326 g/mol. The summed E-state index contributed by atoms with van der Waals surface area (Å²) in [5.74, 6) is -4.71. The van der Waals surface area contributed by atoms with Gasteiger partial charge in [-0.05, 0) is 30.3 Å². The average molecular weight is 335 g/mol. The lowest BCUT2D eigenvalue weighted by Crippen LogP contribution is -2.05. The molecule has 3 rings (SSSR count). The molecule has 0 atom stereocenters. The molecule has 0 radical (unpaired) electrons. The van der Waals surface area contributed by atoms with Crippen LogP contribution in [-0.4, -0.2) is 15.2 Å². The standard InChI is InChI=1S/C15H9F4N5/c16-8-2-1-3-9(6-8)21-12-7-20-24-15(23-12)22-11-5-4-10(17)13(18)14(11)19/h1-7H,(H2,21,22,23,24). The fourth-order valence-corrected chi connectivity index (χ4v) is 1.87. The third kappa shape index (κ3) is 3.40. The normalized spacial score (nSPS) is 10.5. The first kappa shape index (κ1) is 15.7. The predicted molar refractivity (Wildman–Crippen MR) is 79.1 cm³/mol. The monoisotopic (exact) mass is 335 g/mol. The molecule has 0 saturated heterocycles. The van der Waals surface area contributed by atoms with Crippen LogP contribution in [0.3, 0.4) is 0 Å². The summed E-state index contributed by atoms with van der Waals surface area (Å²) >= 11 is 0. The van der Waals surface area contributed by atoms with Gasteiger partial charge in [0.2, 0.25) is 5.95 Å². The largest absolute Gasteiger partial charge is 0.339 e. The highest BCUT2D eigenvalue weighted by Gasteiger charge is 2.14. The molecule has 0 aliphatic heterocycles. The Morgan fingerprint density at radius 2 is 1.71 bits per heavy atom. The molecule has 122 valence electrons. The van der Waals surface area contributed by atoms with Crippen molar-refractivity contribution in [2.45, 2.75) is 0 Å². The number of anilines is 4. The van der Waals surface area contributed by atoms with E-state index in [1.165, 1.54) is 24.4 Å². The van der Waals surface area contributed by atoms with E-state index in [0.29, 0.717) is 5.69 Å². The van der Waals surface area contributed by atoms with Gasteiger partial charge in [0.25, 0.3) is 0 Å². The smallest absolute Gasteiger partial charge is 0.249 e. The lowest BCUT2D eigenvalue weighted by molar-refractivity contribution is 0.449. The van der Waals surface area contributed by atoms with Crippen molar-refractivity contribution in [1.29, 1.82) is 0 Å². The Hall–Kier alpha value is -3.23. The van der Waals surface area contributed by atoms with Crippen molar-refractivity contribution in [2.75, 3.05) is 10.6 Å². The van der Waals surface area contributed by atoms with E-state index in [0.717, 1.165) is 12.1 Å². The van der Waals surface area contributed by atoms with E-state index >= 15 is 0 Å². The molecule has 3 aromatic rings. The number of aromatic nitrogens is 3. The average Bonchev–Trinajstić information content (AvgIpc) is 2.56. The predicted octanol–water partition coefficient (Wildman–Crippen LogP) is 3.92. The molecule has 0 unspecified atom stereocenters. The fourth-order valence-electron chi connectivity index (χ4n) is 1.87. The first-order chi connectivity index (χ1) is 11.5. The molecule has 1 aromatic heterocycles. The molecule has 0 bridgehead atoms. The van der Waals surface area contributed by atoms with Crippen LogP contribution in [0, 0.1) is 23.3 Å². The summed E-state index contributed by atoms with van der Waals surface area (Å²) in [6.07, 6.45) is 1.26. The molecule has 24 heavy (non-hydrogen) atoms. The molecule has 5 nitrogen and oxygen atoms in total. The number of hydrogen-bond donors (Lipinski definition) is 2. The highest BCUT2D eigenvalue weighted by molar-refractivity contribution is 5.59. The van der Waals surface area contributed by atoms with E-state index < -0.39 is 23.3 Å². The Morgan fingerprint density at radius 1 is 0.875 bits per heavy atom.